The number of hydrogen-bond donors (Lipinski definition) is 0. The summed E-state index contributed by atoms with van der Waals surface area (Å²) in [5, 5.41) is 2.30. The van der Waals surface area contributed by atoms with Gasteiger partial charge in [0.1, 0.15) is 11.5 Å². The second kappa shape index (κ2) is 13.0. The number of nitrogens with zero attached hydrogens (tertiary/aromatic N) is 3. The predicted molar refractivity (Wildman–Crippen MR) is 224 cm³/mol. The fourth-order valence-corrected chi connectivity index (χ4v) is 8.41. The Hall–Kier alpha value is -7.17. The van der Waals surface area contributed by atoms with E-state index in [9.17, 15) is 0 Å². The van der Waals surface area contributed by atoms with Crippen LogP contribution < -0.4 is 4.74 Å². The van der Waals surface area contributed by atoms with Gasteiger partial charge in [-0.05, 0) is 80.9 Å². The molecule has 4 nitrogen and oxygen atoms in total. The van der Waals surface area contributed by atoms with Crippen molar-refractivity contribution in [3.05, 3.63) is 217 Å². The largest absolute Gasteiger partial charge is 0.457 e. The first kappa shape index (κ1) is 32.5. The van der Waals surface area contributed by atoms with E-state index in [2.05, 4.69) is 165 Å². The quantitative estimate of drug-likeness (QED) is 0.162. The lowest BCUT2D eigenvalue weighted by Gasteiger charge is -2.39. The molecule has 4 heteroatoms. The molecule has 0 saturated heterocycles. The fourth-order valence-electron chi connectivity index (χ4n) is 8.41. The molecule has 1 aliphatic heterocycles. The summed E-state index contributed by atoms with van der Waals surface area (Å²) < 4.78 is 6.59. The van der Waals surface area contributed by atoms with Gasteiger partial charge in [-0.3, -0.25) is 0 Å². The van der Waals surface area contributed by atoms with Crippen molar-refractivity contribution in [2.75, 3.05) is 0 Å². The van der Waals surface area contributed by atoms with E-state index in [-0.39, 0.29) is 0 Å². The lowest BCUT2D eigenvalue weighted by atomic mass is 9.66. The molecule has 0 amide bonds. The van der Waals surface area contributed by atoms with Gasteiger partial charge in [0.25, 0.3) is 0 Å². The molecule has 0 fully saturated rings. The van der Waals surface area contributed by atoms with Gasteiger partial charge in [0.05, 0.1) is 5.41 Å². The van der Waals surface area contributed by atoms with Crippen molar-refractivity contribution in [3.8, 4) is 62.2 Å². The van der Waals surface area contributed by atoms with E-state index in [4.69, 9.17) is 19.7 Å². The first-order chi connectivity index (χ1) is 27.1. The van der Waals surface area contributed by atoms with Crippen LogP contribution >= 0.6 is 0 Å². The molecule has 2 aliphatic rings. The van der Waals surface area contributed by atoms with Crippen molar-refractivity contribution < 1.29 is 4.74 Å². The number of hydrogen-bond acceptors (Lipinski definition) is 4. The maximum absolute atomic E-state index is 6.59. The summed E-state index contributed by atoms with van der Waals surface area (Å²) in [5.74, 6) is 3.51. The molecule has 2 heterocycles. The third-order valence-electron chi connectivity index (χ3n) is 11.0. The molecular formula is C51H35N3O. The van der Waals surface area contributed by atoms with Crippen LogP contribution in [-0.4, -0.2) is 15.0 Å². The lowest BCUT2D eigenvalue weighted by molar-refractivity contribution is 0.399. The molecule has 260 valence electrons. The average molecular weight is 706 g/mol. The highest BCUT2D eigenvalue weighted by Crippen LogP contribution is 2.60. The molecule has 7 aromatic carbocycles. The van der Waals surface area contributed by atoms with Crippen LogP contribution in [0.3, 0.4) is 0 Å². The van der Waals surface area contributed by atoms with Crippen LogP contribution in [0.5, 0.6) is 5.75 Å². The number of fused-ring (bicyclic) bond motifs is 8. The molecule has 1 aliphatic carbocycles. The van der Waals surface area contributed by atoms with Gasteiger partial charge in [0.15, 0.2) is 17.5 Å². The first-order valence-corrected chi connectivity index (χ1v) is 18.6. The Morgan fingerprint density at radius 1 is 0.491 bits per heavy atom. The van der Waals surface area contributed by atoms with E-state index in [1.165, 1.54) is 27.6 Å². The van der Waals surface area contributed by atoms with E-state index in [0.29, 0.717) is 17.5 Å². The summed E-state index contributed by atoms with van der Waals surface area (Å²) in [6.07, 6.45) is 5.74. The van der Waals surface area contributed by atoms with Gasteiger partial charge in [-0.25, -0.2) is 15.0 Å². The summed E-state index contributed by atoms with van der Waals surface area (Å²) in [5.41, 5.74) is 11.5. The number of aromatic nitrogens is 3. The Morgan fingerprint density at radius 3 is 1.84 bits per heavy atom. The van der Waals surface area contributed by atoms with E-state index in [1.807, 2.05) is 24.3 Å². The molecule has 10 rings (SSSR count). The zero-order valence-electron chi connectivity index (χ0n) is 30.3. The highest BCUT2D eigenvalue weighted by Gasteiger charge is 2.50. The highest BCUT2D eigenvalue weighted by atomic mass is 16.5. The minimum Gasteiger partial charge on any atom is -0.457 e. The number of allylic oxidation sites excluding steroid dienone is 4. The van der Waals surface area contributed by atoms with Crippen molar-refractivity contribution in [3.63, 3.8) is 0 Å². The summed E-state index contributed by atoms with van der Waals surface area (Å²) in [6.45, 7) is 6.12. The summed E-state index contributed by atoms with van der Waals surface area (Å²) in [4.78, 5) is 15.5. The molecular weight excluding hydrogens is 671 g/mol. The maximum Gasteiger partial charge on any atom is 0.164 e. The molecule has 1 atom stereocenters. The molecule has 0 radical (unpaired) electrons. The fraction of sp³-hybridized carbons (Fsp3) is 0.0392. The van der Waals surface area contributed by atoms with Crippen LogP contribution in [0.25, 0.3) is 67.2 Å². The van der Waals surface area contributed by atoms with E-state index in [1.54, 1.807) is 6.08 Å². The van der Waals surface area contributed by atoms with Crippen LogP contribution in [0.4, 0.5) is 0 Å². The second-order valence-electron chi connectivity index (χ2n) is 14.0. The van der Waals surface area contributed by atoms with Crippen LogP contribution in [0.1, 0.15) is 23.6 Å². The van der Waals surface area contributed by atoms with Gasteiger partial charge in [-0.2, -0.15) is 0 Å². The smallest absolute Gasteiger partial charge is 0.164 e. The van der Waals surface area contributed by atoms with Gasteiger partial charge in [-0.15, -0.1) is 0 Å². The van der Waals surface area contributed by atoms with E-state index >= 15 is 0 Å². The Labute approximate surface area is 320 Å². The zero-order valence-corrected chi connectivity index (χ0v) is 30.3. The second-order valence-corrected chi connectivity index (χ2v) is 14.0. The number of ether oxygens (including phenoxy) is 1. The van der Waals surface area contributed by atoms with Gasteiger partial charge in [0.2, 0.25) is 0 Å². The SMILES string of the molecule is C=C/C=C\C1=C(C)C2(c3ccccc3O1)c1ccccc1-c1ccc(-c3nc(-c4ccc(-c5ccccc5)cc4)nc(-c4ccc5ccccc5c4)n3)cc12. The number of rotatable bonds is 6. The number of para-hydroxylation sites is 1. The van der Waals surface area contributed by atoms with Crippen LogP contribution in [-0.2, 0) is 5.41 Å². The molecule has 55 heavy (non-hydrogen) atoms. The van der Waals surface area contributed by atoms with Gasteiger partial charge >= 0.3 is 0 Å². The lowest BCUT2D eigenvalue weighted by Crippen LogP contribution is -2.33. The number of benzene rings is 7. The van der Waals surface area contributed by atoms with E-state index < -0.39 is 5.41 Å². The molecule has 0 saturated carbocycles. The minimum atomic E-state index is -0.595. The zero-order chi connectivity index (χ0) is 36.9. The maximum atomic E-state index is 6.59. The predicted octanol–water partition coefficient (Wildman–Crippen LogP) is 12.4. The van der Waals surface area contributed by atoms with Gasteiger partial charge < -0.3 is 4.74 Å². The highest BCUT2D eigenvalue weighted by molar-refractivity contribution is 5.90. The van der Waals surface area contributed by atoms with Crippen LogP contribution in [0, 0.1) is 0 Å². The average Bonchev–Trinajstić information content (AvgIpc) is 3.54. The molecule has 0 N–H and O–H groups in total. The molecule has 1 aromatic heterocycles. The first-order valence-electron chi connectivity index (χ1n) is 18.6. The topological polar surface area (TPSA) is 47.9 Å². The Kier molecular flexibility index (Phi) is 7.70. The molecule has 8 aromatic rings. The Balaban J connectivity index is 1.19. The molecule has 1 unspecified atom stereocenters. The Bertz CT molecular complexity index is 2870. The summed E-state index contributed by atoms with van der Waals surface area (Å²) in [7, 11) is 0. The van der Waals surface area contributed by atoms with Crippen molar-refractivity contribution in [2.24, 2.45) is 0 Å². The summed E-state index contributed by atoms with van der Waals surface area (Å²) in [6, 6.07) is 57.5. The van der Waals surface area contributed by atoms with Crippen LogP contribution in [0.15, 0.2) is 200 Å². The third kappa shape index (κ3) is 5.25. The van der Waals surface area contributed by atoms with Crippen molar-refractivity contribution >= 4 is 10.8 Å². The molecule has 1 spiro atoms. The normalized spacial score (nSPS) is 15.5. The Morgan fingerprint density at radius 2 is 1.05 bits per heavy atom. The molecule has 0 bridgehead atoms. The van der Waals surface area contributed by atoms with Crippen molar-refractivity contribution in [1.82, 2.24) is 15.0 Å². The van der Waals surface area contributed by atoms with Crippen molar-refractivity contribution in [2.45, 2.75) is 12.3 Å². The summed E-state index contributed by atoms with van der Waals surface area (Å²) >= 11 is 0. The van der Waals surface area contributed by atoms with E-state index in [0.717, 1.165) is 55.8 Å². The van der Waals surface area contributed by atoms with Gasteiger partial charge in [0, 0.05) is 22.3 Å². The third-order valence-corrected chi connectivity index (χ3v) is 11.0. The monoisotopic (exact) mass is 705 g/mol. The minimum absolute atomic E-state index is 0.595. The standard InChI is InChI=1S/C51H35N3O/c1-3-4-21-46-33(2)51(44-20-12-13-22-47(44)55-46)43-19-11-10-18-41(43)42-30-29-40(32-45(42)51)50-53-48(37-26-23-36(24-27-37)34-14-6-5-7-15-34)52-49(54-50)39-28-25-35-16-8-9-17-38(35)31-39/h3-32H,1H2,2H3/b21-4-. The van der Waals surface area contributed by atoms with Crippen LogP contribution in [0.2, 0.25) is 0 Å². The van der Waals surface area contributed by atoms with Crippen molar-refractivity contribution in [1.29, 1.82) is 0 Å². The van der Waals surface area contributed by atoms with Gasteiger partial charge in [-0.1, -0.05) is 164 Å².